The summed E-state index contributed by atoms with van der Waals surface area (Å²) >= 11 is 0. The van der Waals surface area contributed by atoms with Crippen molar-refractivity contribution in [1.82, 2.24) is 25.0 Å². The molecule has 1 aliphatic heterocycles. The van der Waals surface area contributed by atoms with E-state index in [1.807, 2.05) is 55.7 Å². The van der Waals surface area contributed by atoms with Gasteiger partial charge in [0.2, 0.25) is 17.7 Å². The normalized spacial score (nSPS) is 14.1. The first-order chi connectivity index (χ1) is 24.2. The maximum Gasteiger partial charge on any atom is 0.253 e. The number of halogens is 2. The lowest BCUT2D eigenvalue weighted by Crippen LogP contribution is -2.53. The van der Waals surface area contributed by atoms with Crippen molar-refractivity contribution in [2.45, 2.75) is 52.2 Å². The molecule has 5 amide bonds. The van der Waals surface area contributed by atoms with Gasteiger partial charge in [0.25, 0.3) is 11.8 Å². The van der Waals surface area contributed by atoms with Crippen LogP contribution in [0, 0.1) is 17.0 Å². The Kier molecular flexibility index (Phi) is 13.0. The summed E-state index contributed by atoms with van der Waals surface area (Å²) in [4.78, 5) is 64.6. The molecule has 2 atom stereocenters. The number of carbonyl (C=O) groups is 5. The first-order valence-corrected chi connectivity index (χ1v) is 16.6. The number of imide groups is 1. The van der Waals surface area contributed by atoms with Crippen LogP contribution in [0.2, 0.25) is 0 Å². The monoisotopic (exact) mass is 706 g/mol. The van der Waals surface area contributed by atoms with E-state index in [0.717, 1.165) is 40.8 Å². The fourth-order valence-electron chi connectivity index (χ4n) is 6.04. The first-order valence-electron chi connectivity index (χ1n) is 16.6. The molecule has 5 N–H and O–H groups in total. The summed E-state index contributed by atoms with van der Waals surface area (Å²) in [6, 6.07) is 12.8. The number of benzene rings is 2. The van der Waals surface area contributed by atoms with Gasteiger partial charge in [0.1, 0.15) is 18.2 Å². The van der Waals surface area contributed by atoms with Crippen LogP contribution >= 0.6 is 0 Å². The molecule has 1 aromatic heterocycles. The highest BCUT2D eigenvalue weighted by molar-refractivity contribution is 6.12. The minimum Gasteiger partial charge on any atom is -0.387 e. The molecular formula is C37H44F2N6O6. The number of hydrogen-bond acceptors (Lipinski definition) is 7. The van der Waals surface area contributed by atoms with Crippen molar-refractivity contribution >= 4 is 29.5 Å². The van der Waals surface area contributed by atoms with Crippen LogP contribution in [-0.2, 0) is 30.5 Å². The average Bonchev–Trinajstić information content (AvgIpc) is 3.64. The Balaban J connectivity index is 1.55. The van der Waals surface area contributed by atoms with Gasteiger partial charge in [-0.25, -0.2) is 8.78 Å². The van der Waals surface area contributed by atoms with Gasteiger partial charge < -0.3 is 30.9 Å². The second-order valence-corrected chi connectivity index (χ2v) is 13.4. The van der Waals surface area contributed by atoms with Gasteiger partial charge in [-0.3, -0.25) is 28.9 Å². The second-order valence-electron chi connectivity index (χ2n) is 13.4. The molecule has 0 radical (unpaired) electrons. The SMILES string of the molecule is CC(C)(C)C(c1cc(-c2cc(F)ccc2F)cn1Cc1ccccc1)N(CC(CN)NC(=O)CCC(=O)NCCN1C(=O)C=CC1=O)C(=O)CO. The maximum absolute atomic E-state index is 15.0. The van der Waals surface area contributed by atoms with Gasteiger partial charge >= 0.3 is 0 Å². The average molecular weight is 707 g/mol. The molecule has 0 aliphatic carbocycles. The van der Waals surface area contributed by atoms with E-state index in [9.17, 15) is 33.5 Å². The number of nitrogens with zero attached hydrogens (tertiary/aromatic N) is 3. The number of rotatable bonds is 16. The Bertz CT molecular complexity index is 1750. The molecule has 3 aromatic rings. The van der Waals surface area contributed by atoms with E-state index in [1.54, 1.807) is 12.3 Å². The molecule has 272 valence electrons. The molecule has 2 aromatic carbocycles. The summed E-state index contributed by atoms with van der Waals surface area (Å²) < 4.78 is 31.2. The van der Waals surface area contributed by atoms with Crippen LogP contribution in [0.1, 0.15) is 50.9 Å². The molecule has 14 heteroatoms. The largest absolute Gasteiger partial charge is 0.387 e. The fraction of sp³-hybridized carbons (Fsp3) is 0.378. The van der Waals surface area contributed by atoms with E-state index in [1.165, 1.54) is 4.90 Å². The van der Waals surface area contributed by atoms with Crippen molar-refractivity contribution in [3.63, 3.8) is 0 Å². The van der Waals surface area contributed by atoms with Crippen molar-refractivity contribution in [2.75, 3.05) is 32.8 Å². The predicted octanol–water partition coefficient (Wildman–Crippen LogP) is 2.65. The van der Waals surface area contributed by atoms with Gasteiger partial charge in [-0.15, -0.1) is 0 Å². The Labute approximate surface area is 295 Å². The van der Waals surface area contributed by atoms with Crippen LogP contribution in [0.4, 0.5) is 8.78 Å². The lowest BCUT2D eigenvalue weighted by atomic mass is 9.82. The molecule has 1 aliphatic rings. The van der Waals surface area contributed by atoms with E-state index < -0.39 is 65.3 Å². The Hall–Kier alpha value is -5.21. The second kappa shape index (κ2) is 17.1. The molecule has 4 rings (SSSR count). The van der Waals surface area contributed by atoms with Crippen molar-refractivity contribution < 1.29 is 37.9 Å². The predicted molar refractivity (Wildman–Crippen MR) is 185 cm³/mol. The van der Waals surface area contributed by atoms with E-state index >= 15 is 4.39 Å². The number of amides is 5. The molecule has 2 heterocycles. The molecule has 0 bridgehead atoms. The number of aliphatic hydroxyl groups excluding tert-OH is 1. The summed E-state index contributed by atoms with van der Waals surface area (Å²) in [5.74, 6) is -3.77. The third kappa shape index (κ3) is 10.2. The minimum absolute atomic E-state index is 0.00504. The summed E-state index contributed by atoms with van der Waals surface area (Å²) in [5, 5.41) is 15.5. The zero-order chi connectivity index (χ0) is 37.3. The molecule has 2 unspecified atom stereocenters. The first kappa shape index (κ1) is 38.6. The van der Waals surface area contributed by atoms with Gasteiger partial charge in [0.05, 0.1) is 12.1 Å². The highest BCUT2D eigenvalue weighted by Crippen LogP contribution is 2.41. The molecule has 0 saturated heterocycles. The summed E-state index contributed by atoms with van der Waals surface area (Å²) in [5.41, 5.74) is 7.31. The third-order valence-corrected chi connectivity index (χ3v) is 8.44. The lowest BCUT2D eigenvalue weighted by Gasteiger charge is -2.42. The molecular weight excluding hydrogens is 662 g/mol. The smallest absolute Gasteiger partial charge is 0.253 e. The highest BCUT2D eigenvalue weighted by Gasteiger charge is 2.38. The number of aromatic nitrogens is 1. The Morgan fingerprint density at radius 2 is 1.63 bits per heavy atom. The minimum atomic E-state index is -0.840. The van der Waals surface area contributed by atoms with E-state index in [0.29, 0.717) is 17.8 Å². The molecule has 51 heavy (non-hydrogen) atoms. The van der Waals surface area contributed by atoms with Crippen LogP contribution < -0.4 is 16.4 Å². The molecule has 0 spiro atoms. The van der Waals surface area contributed by atoms with Crippen LogP contribution in [0.3, 0.4) is 0 Å². The van der Waals surface area contributed by atoms with Crippen molar-refractivity contribution in [3.05, 3.63) is 95.8 Å². The van der Waals surface area contributed by atoms with Crippen LogP contribution in [-0.4, -0.2) is 87.8 Å². The fourth-order valence-corrected chi connectivity index (χ4v) is 6.04. The van der Waals surface area contributed by atoms with Gasteiger partial charge in [-0.2, -0.15) is 0 Å². The number of carbonyl (C=O) groups excluding carboxylic acids is 5. The molecule has 0 saturated carbocycles. The highest BCUT2D eigenvalue weighted by atomic mass is 19.1. The van der Waals surface area contributed by atoms with E-state index in [4.69, 9.17) is 5.73 Å². The zero-order valence-corrected chi connectivity index (χ0v) is 28.9. The van der Waals surface area contributed by atoms with Gasteiger partial charge in [0.15, 0.2) is 0 Å². The van der Waals surface area contributed by atoms with E-state index in [2.05, 4.69) is 10.6 Å². The zero-order valence-electron chi connectivity index (χ0n) is 28.9. The van der Waals surface area contributed by atoms with Crippen LogP contribution in [0.25, 0.3) is 11.1 Å². The standard InChI is InChI=1S/C37H44F2N6O6/c1-37(2,3)36(30-17-25(28-18-26(38)9-10-29(28)39)21-43(30)20-24-7-5-4-6-8-24)45(35(51)23-46)22-27(19-40)42-32(48)12-11-31(47)41-15-16-44-33(49)13-14-34(44)50/h4-10,13-14,17-18,21,27,36,46H,11-12,15-16,19-20,22-23,40H2,1-3H3,(H,41,47)(H,42,48). The van der Waals surface area contributed by atoms with Crippen molar-refractivity contribution in [2.24, 2.45) is 11.1 Å². The summed E-state index contributed by atoms with van der Waals surface area (Å²) in [7, 11) is 0. The van der Waals surface area contributed by atoms with E-state index in [-0.39, 0.29) is 44.6 Å². The van der Waals surface area contributed by atoms with Crippen molar-refractivity contribution in [1.29, 1.82) is 0 Å². The third-order valence-electron chi connectivity index (χ3n) is 8.44. The number of nitrogens with one attached hydrogen (secondary N) is 2. The lowest BCUT2D eigenvalue weighted by molar-refractivity contribution is -0.140. The van der Waals surface area contributed by atoms with Crippen molar-refractivity contribution in [3.8, 4) is 11.1 Å². The number of aliphatic hydroxyl groups is 1. The quantitative estimate of drug-likeness (QED) is 0.166. The Morgan fingerprint density at radius 3 is 2.25 bits per heavy atom. The van der Waals surface area contributed by atoms with Gasteiger partial charge in [0, 0.05) is 80.7 Å². The molecule has 0 fully saturated rings. The molecule has 12 nitrogen and oxygen atoms in total. The van der Waals surface area contributed by atoms with Crippen LogP contribution in [0.15, 0.2) is 72.9 Å². The van der Waals surface area contributed by atoms with Crippen LogP contribution in [0.5, 0.6) is 0 Å². The van der Waals surface area contributed by atoms with Gasteiger partial charge in [-0.1, -0.05) is 51.1 Å². The Morgan fingerprint density at radius 1 is 0.961 bits per heavy atom. The summed E-state index contributed by atoms with van der Waals surface area (Å²) in [6.07, 6.45) is 3.61. The topological polar surface area (TPSA) is 167 Å². The number of hydrogen-bond donors (Lipinski definition) is 4. The van der Waals surface area contributed by atoms with Gasteiger partial charge in [-0.05, 0) is 35.2 Å². The maximum atomic E-state index is 15.0. The number of nitrogens with two attached hydrogens (primary N) is 1. The summed E-state index contributed by atoms with van der Waals surface area (Å²) in [6.45, 7) is 5.03.